The molecule has 2 aromatic heterocycles. The van der Waals surface area contributed by atoms with Gasteiger partial charge in [-0.1, -0.05) is 51.7 Å². The molecule has 0 bridgehead atoms. The second-order valence-corrected chi connectivity index (χ2v) is 13.4. The van der Waals surface area contributed by atoms with Crippen molar-refractivity contribution in [3.63, 3.8) is 0 Å². The van der Waals surface area contributed by atoms with Crippen molar-refractivity contribution in [3.05, 3.63) is 71.4 Å². The Kier molecular flexibility index (Phi) is 17.2. The van der Waals surface area contributed by atoms with Crippen LogP contribution in [-0.4, -0.2) is 73.9 Å². The molecule has 2 aromatic carbocycles. The average Bonchev–Trinajstić information content (AvgIpc) is 3.94. The number of aromatic amines is 2. The number of nitrogens with zero attached hydrogens (tertiary/aromatic N) is 4. The van der Waals surface area contributed by atoms with Gasteiger partial charge in [0.15, 0.2) is 0 Å². The van der Waals surface area contributed by atoms with Crippen molar-refractivity contribution in [2.24, 2.45) is 11.8 Å². The molecule has 2 fully saturated rings. The summed E-state index contributed by atoms with van der Waals surface area (Å²) < 4.78 is 4.74. The first-order valence-corrected chi connectivity index (χ1v) is 17.3. The van der Waals surface area contributed by atoms with Crippen LogP contribution in [0.3, 0.4) is 0 Å². The molecule has 0 saturated carbocycles. The maximum absolute atomic E-state index is 13.5. The van der Waals surface area contributed by atoms with Crippen LogP contribution < -0.4 is 5.32 Å². The second-order valence-electron chi connectivity index (χ2n) is 13.4. The van der Waals surface area contributed by atoms with Gasteiger partial charge in [0.05, 0.1) is 42.1 Å². The van der Waals surface area contributed by atoms with Gasteiger partial charge in [-0.05, 0) is 73.9 Å². The van der Waals surface area contributed by atoms with Gasteiger partial charge in [0.25, 0.3) is 0 Å². The Balaban J connectivity index is 0.00000243. The van der Waals surface area contributed by atoms with E-state index in [-0.39, 0.29) is 89.7 Å². The zero-order valence-corrected chi connectivity index (χ0v) is 34.9. The van der Waals surface area contributed by atoms with Crippen molar-refractivity contribution in [2.75, 3.05) is 20.2 Å². The maximum Gasteiger partial charge on any atom is 0.407 e. The largest absolute Gasteiger partial charge is 0.453 e. The number of carbonyl (C=O) groups excluding carboxylic acids is 3. The summed E-state index contributed by atoms with van der Waals surface area (Å²) in [4.78, 5) is 58.5. The number of hydrogen-bond acceptors (Lipinski definition) is 6. The van der Waals surface area contributed by atoms with Gasteiger partial charge in [-0.3, -0.25) is 9.59 Å². The highest BCUT2D eigenvalue weighted by Crippen LogP contribution is 2.34. The number of alkyl carbamates (subject to hydrolysis) is 1. The van der Waals surface area contributed by atoms with Gasteiger partial charge < -0.3 is 29.8 Å². The van der Waals surface area contributed by atoms with Crippen molar-refractivity contribution >= 4 is 82.9 Å². The Hall–Kier alpha value is -3.71. The van der Waals surface area contributed by atoms with E-state index in [1.807, 2.05) is 73.0 Å². The van der Waals surface area contributed by atoms with Crippen molar-refractivity contribution in [1.82, 2.24) is 35.1 Å². The minimum atomic E-state index is -0.677. The number of likely N-dealkylation sites (tertiary alicyclic amines) is 2. The van der Waals surface area contributed by atoms with Gasteiger partial charge in [0.1, 0.15) is 17.7 Å². The lowest BCUT2D eigenvalue weighted by atomic mass is 10.0. The molecule has 0 aliphatic carbocycles. The summed E-state index contributed by atoms with van der Waals surface area (Å²) in [6, 6.07) is 13.1. The average molecular weight is 800 g/mol. The van der Waals surface area contributed by atoms with Gasteiger partial charge in [0, 0.05) is 30.1 Å². The number of rotatable bonds is 8. The fourth-order valence-electron chi connectivity index (χ4n) is 6.76. The van der Waals surface area contributed by atoms with E-state index in [0.29, 0.717) is 6.54 Å². The predicted octanol–water partition coefficient (Wildman–Crippen LogP) is 6.56. The molecule has 0 radical (unpaired) electrons. The third-order valence-corrected chi connectivity index (χ3v) is 9.77. The van der Waals surface area contributed by atoms with Crippen LogP contribution in [-0.2, 0) is 14.3 Å². The first-order valence-electron chi connectivity index (χ1n) is 17.3. The van der Waals surface area contributed by atoms with Crippen LogP contribution in [0.15, 0.2) is 48.7 Å². The summed E-state index contributed by atoms with van der Waals surface area (Å²) in [5.41, 5.74) is 5.36. The maximum atomic E-state index is 13.5. The highest BCUT2D eigenvalue weighted by Gasteiger charge is 2.37. The van der Waals surface area contributed by atoms with Crippen LogP contribution in [0.4, 0.5) is 4.79 Å². The van der Waals surface area contributed by atoms with Gasteiger partial charge in [-0.2, -0.15) is 54.0 Å². The molecule has 2 aliphatic rings. The minimum absolute atomic E-state index is 0. The second kappa shape index (κ2) is 20.1. The molecule has 11 nitrogen and oxygen atoms in total. The molecule has 2 saturated heterocycles. The third-order valence-electron chi connectivity index (χ3n) is 9.77. The Morgan fingerprint density at radius 1 is 0.868 bits per heavy atom. The number of fused-ring (bicyclic) bond motifs is 1. The molecular weight excluding hydrogens is 747 g/mol. The molecule has 53 heavy (non-hydrogen) atoms. The van der Waals surface area contributed by atoms with Crippen molar-refractivity contribution in [1.29, 1.82) is 0 Å². The molecule has 15 heteroatoms. The molecule has 4 atom stereocenters. The summed E-state index contributed by atoms with van der Waals surface area (Å²) in [6.45, 7) is 9.23. The number of ether oxygens (including phenoxy) is 1. The molecule has 4 heterocycles. The number of aromatic nitrogens is 4. The van der Waals surface area contributed by atoms with Crippen molar-refractivity contribution < 1.29 is 19.1 Å². The van der Waals surface area contributed by atoms with Crippen LogP contribution in [0.5, 0.6) is 0 Å². The first kappa shape index (κ1) is 45.4. The number of amides is 3. The summed E-state index contributed by atoms with van der Waals surface area (Å²) in [5, 5.41) is 2.69. The fourth-order valence-corrected chi connectivity index (χ4v) is 6.76. The molecule has 288 valence electrons. The molecule has 2 aliphatic heterocycles. The SMILES string of the molecule is CC[C@H](C)C(=O)N1CCC[C@H]1c1nc2ccc(C#Cc3ccc(-c4cnc([C@@H]5CCCN5C(=O)[C@@H](NC(=O)OC)C(C)C)[nH]4)cc3)cc2[nH]1.S.S.S.S. The fraction of sp³-hybridized carbons (Fsp3) is 0.447. The standard InChI is InChI=1S/C38H45N7O4.4H2S/c1-6-24(4)36(46)44-19-8-10-32(44)35-40-28-18-15-26(21-29(28)41-35)12-11-25-13-16-27(17-14-25)30-22-39-34(42-30)31-9-7-20-45(31)37(47)33(23(2)3)43-38(48)49-5;;;;/h13-18,21-24,31-33H,6-10,19-20H2,1-5H3,(H,39,42)(H,40,41)(H,43,48);4*1H2/t24-,31-,32-,33-;;;;/m0..../s1. The van der Waals surface area contributed by atoms with Gasteiger partial charge in [-0.25, -0.2) is 14.8 Å². The molecule has 3 amide bonds. The van der Waals surface area contributed by atoms with Crippen molar-refractivity contribution in [2.45, 2.75) is 77.9 Å². The van der Waals surface area contributed by atoms with Crippen LogP contribution in [0.25, 0.3) is 22.3 Å². The lowest BCUT2D eigenvalue weighted by Gasteiger charge is -2.30. The Morgan fingerprint density at radius 3 is 2.09 bits per heavy atom. The number of nitrogens with one attached hydrogen (secondary N) is 3. The van der Waals surface area contributed by atoms with Crippen LogP contribution in [0.1, 0.15) is 94.7 Å². The van der Waals surface area contributed by atoms with Crippen LogP contribution in [0, 0.1) is 23.7 Å². The quantitative estimate of drug-likeness (QED) is 0.173. The van der Waals surface area contributed by atoms with E-state index in [9.17, 15) is 14.4 Å². The zero-order valence-electron chi connectivity index (χ0n) is 30.9. The molecule has 6 rings (SSSR count). The van der Waals surface area contributed by atoms with E-state index < -0.39 is 12.1 Å². The molecule has 4 aromatic rings. The Morgan fingerprint density at radius 2 is 1.47 bits per heavy atom. The van der Waals surface area contributed by atoms with E-state index >= 15 is 0 Å². The van der Waals surface area contributed by atoms with E-state index in [1.54, 1.807) is 6.20 Å². The summed E-state index contributed by atoms with van der Waals surface area (Å²) in [7, 11) is 1.29. The normalized spacial score (nSPS) is 17.3. The Bertz CT molecular complexity index is 1900. The third kappa shape index (κ3) is 10.1. The number of H-pyrrole nitrogens is 2. The van der Waals surface area contributed by atoms with E-state index in [2.05, 4.69) is 39.0 Å². The topological polar surface area (TPSA) is 136 Å². The van der Waals surface area contributed by atoms with Gasteiger partial charge in [-0.15, -0.1) is 0 Å². The predicted molar refractivity (Wildman–Crippen MR) is 229 cm³/mol. The lowest BCUT2D eigenvalue weighted by Crippen LogP contribution is -2.51. The number of carbonyl (C=O) groups is 3. The smallest absolute Gasteiger partial charge is 0.407 e. The summed E-state index contributed by atoms with van der Waals surface area (Å²) in [5.74, 6) is 8.10. The summed E-state index contributed by atoms with van der Waals surface area (Å²) >= 11 is 0. The number of benzene rings is 2. The molecule has 3 N–H and O–H groups in total. The number of imidazole rings is 2. The van der Waals surface area contributed by atoms with E-state index in [1.165, 1.54) is 7.11 Å². The van der Waals surface area contributed by atoms with Crippen LogP contribution >= 0.6 is 54.0 Å². The number of hydrogen-bond donors (Lipinski definition) is 3. The minimum Gasteiger partial charge on any atom is -0.453 e. The molecule has 0 unspecified atom stereocenters. The Labute approximate surface area is 340 Å². The number of methoxy groups -OCH3 is 1. The van der Waals surface area contributed by atoms with Crippen LogP contribution in [0.2, 0.25) is 0 Å². The first-order chi connectivity index (χ1) is 23.7. The summed E-state index contributed by atoms with van der Waals surface area (Å²) in [6.07, 6.45) is 5.55. The monoisotopic (exact) mass is 799 g/mol. The molecular formula is C38H53N7O4S4. The van der Waals surface area contributed by atoms with E-state index in [4.69, 9.17) is 9.72 Å². The zero-order chi connectivity index (χ0) is 34.7. The van der Waals surface area contributed by atoms with Gasteiger partial charge in [0.2, 0.25) is 11.8 Å². The highest BCUT2D eigenvalue weighted by molar-refractivity contribution is 7.59. The highest BCUT2D eigenvalue weighted by atomic mass is 32.1. The molecule has 0 spiro atoms. The van der Waals surface area contributed by atoms with Crippen molar-refractivity contribution in [3.8, 4) is 23.1 Å². The van der Waals surface area contributed by atoms with E-state index in [0.717, 1.165) is 83.7 Å². The van der Waals surface area contributed by atoms with Gasteiger partial charge >= 0.3 is 6.09 Å². The lowest BCUT2D eigenvalue weighted by molar-refractivity contribution is -0.136.